The van der Waals surface area contributed by atoms with Crippen molar-refractivity contribution in [1.29, 1.82) is 0 Å². The van der Waals surface area contributed by atoms with Gasteiger partial charge in [0.25, 0.3) is 0 Å². The molecule has 2 N–H and O–H groups in total. The Labute approximate surface area is 105 Å². The van der Waals surface area contributed by atoms with Crippen LogP contribution in [0.3, 0.4) is 0 Å². The van der Waals surface area contributed by atoms with E-state index < -0.39 is 0 Å². The highest BCUT2D eigenvalue weighted by atomic mass is 14.8. The average molecular weight is 231 g/mol. The quantitative estimate of drug-likeness (QED) is 0.836. The summed E-state index contributed by atoms with van der Waals surface area (Å²) in [7, 11) is 0. The van der Waals surface area contributed by atoms with Gasteiger partial charge in [-0.2, -0.15) is 0 Å². The van der Waals surface area contributed by atoms with Crippen molar-refractivity contribution in [3.63, 3.8) is 0 Å². The molecular formula is C16H25N. The Morgan fingerprint density at radius 3 is 2.88 bits per heavy atom. The molecule has 2 rings (SSSR count). The normalized spacial score (nSPS) is 29.2. The van der Waals surface area contributed by atoms with Crippen molar-refractivity contribution in [2.45, 2.75) is 57.9 Å². The number of nitrogens with two attached hydrogens (primary N) is 1. The summed E-state index contributed by atoms with van der Waals surface area (Å²) < 4.78 is 0. The average Bonchev–Trinajstić information content (AvgIpc) is 2.34. The second-order valence-electron chi connectivity index (χ2n) is 5.64. The van der Waals surface area contributed by atoms with Crippen LogP contribution in [0.15, 0.2) is 24.3 Å². The van der Waals surface area contributed by atoms with Gasteiger partial charge in [-0.25, -0.2) is 0 Å². The van der Waals surface area contributed by atoms with Gasteiger partial charge in [0.05, 0.1) is 0 Å². The molecule has 17 heavy (non-hydrogen) atoms. The van der Waals surface area contributed by atoms with E-state index in [2.05, 4.69) is 38.1 Å². The molecule has 1 aliphatic rings. The van der Waals surface area contributed by atoms with E-state index in [0.717, 1.165) is 12.8 Å². The van der Waals surface area contributed by atoms with Gasteiger partial charge in [-0.05, 0) is 36.3 Å². The van der Waals surface area contributed by atoms with Gasteiger partial charge in [0.1, 0.15) is 0 Å². The summed E-state index contributed by atoms with van der Waals surface area (Å²) in [5.74, 6) is 0.605. The third-order valence-corrected chi connectivity index (χ3v) is 4.36. The SMILES string of the molecule is CCCc1cccc(C2(N)CCCCC2C)c1. The molecule has 1 aromatic rings. The lowest BCUT2D eigenvalue weighted by Crippen LogP contribution is -2.45. The summed E-state index contributed by atoms with van der Waals surface area (Å²) in [5, 5.41) is 0. The van der Waals surface area contributed by atoms with E-state index in [0.29, 0.717) is 5.92 Å². The maximum atomic E-state index is 6.69. The second-order valence-corrected chi connectivity index (χ2v) is 5.64. The Morgan fingerprint density at radius 2 is 2.18 bits per heavy atom. The molecule has 0 saturated heterocycles. The van der Waals surface area contributed by atoms with Crippen LogP contribution in [0.5, 0.6) is 0 Å². The first-order chi connectivity index (χ1) is 8.16. The van der Waals surface area contributed by atoms with Crippen molar-refractivity contribution in [2.24, 2.45) is 11.7 Å². The molecule has 0 amide bonds. The molecule has 1 heteroatoms. The fourth-order valence-corrected chi connectivity index (χ4v) is 3.11. The lowest BCUT2D eigenvalue weighted by atomic mass is 9.70. The summed E-state index contributed by atoms with van der Waals surface area (Å²) >= 11 is 0. The van der Waals surface area contributed by atoms with Gasteiger partial charge >= 0.3 is 0 Å². The molecule has 2 atom stereocenters. The van der Waals surface area contributed by atoms with Gasteiger partial charge < -0.3 is 5.73 Å². The van der Waals surface area contributed by atoms with E-state index >= 15 is 0 Å². The highest BCUT2D eigenvalue weighted by Gasteiger charge is 2.35. The first-order valence-electron chi connectivity index (χ1n) is 7.05. The Bertz CT molecular complexity index is 372. The van der Waals surface area contributed by atoms with Gasteiger partial charge in [-0.3, -0.25) is 0 Å². The monoisotopic (exact) mass is 231 g/mol. The molecule has 0 aromatic heterocycles. The van der Waals surface area contributed by atoms with Gasteiger partial charge in [-0.1, -0.05) is 57.4 Å². The Kier molecular flexibility index (Phi) is 3.88. The molecule has 0 radical (unpaired) electrons. The van der Waals surface area contributed by atoms with Gasteiger partial charge in [0, 0.05) is 5.54 Å². The van der Waals surface area contributed by atoms with Crippen LogP contribution in [0.25, 0.3) is 0 Å². The van der Waals surface area contributed by atoms with Gasteiger partial charge in [0.15, 0.2) is 0 Å². The minimum Gasteiger partial charge on any atom is -0.321 e. The van der Waals surface area contributed by atoms with Crippen molar-refractivity contribution in [3.8, 4) is 0 Å². The Hall–Kier alpha value is -0.820. The van der Waals surface area contributed by atoms with E-state index in [4.69, 9.17) is 5.73 Å². The predicted octanol–water partition coefficient (Wildman–Crippen LogP) is 4.00. The molecule has 94 valence electrons. The minimum absolute atomic E-state index is 0.0813. The van der Waals surface area contributed by atoms with Gasteiger partial charge in [0.2, 0.25) is 0 Å². The van der Waals surface area contributed by atoms with Crippen molar-refractivity contribution < 1.29 is 0 Å². The summed E-state index contributed by atoms with van der Waals surface area (Å²) in [6.07, 6.45) is 7.40. The molecule has 1 aromatic carbocycles. The summed E-state index contributed by atoms with van der Waals surface area (Å²) in [6.45, 7) is 4.54. The fourth-order valence-electron chi connectivity index (χ4n) is 3.11. The first kappa shape index (κ1) is 12.6. The molecule has 0 spiro atoms. The molecule has 1 fully saturated rings. The van der Waals surface area contributed by atoms with Crippen molar-refractivity contribution in [1.82, 2.24) is 0 Å². The molecule has 0 heterocycles. The number of benzene rings is 1. The van der Waals surface area contributed by atoms with Crippen molar-refractivity contribution >= 4 is 0 Å². The molecule has 0 aliphatic heterocycles. The van der Waals surface area contributed by atoms with Crippen LogP contribution in [0.1, 0.15) is 57.1 Å². The molecule has 1 saturated carbocycles. The number of hydrogen-bond acceptors (Lipinski definition) is 1. The summed E-state index contributed by atoms with van der Waals surface area (Å²) in [4.78, 5) is 0. The predicted molar refractivity (Wildman–Crippen MR) is 73.9 cm³/mol. The molecule has 0 bridgehead atoms. The second kappa shape index (κ2) is 5.22. The minimum atomic E-state index is -0.0813. The largest absolute Gasteiger partial charge is 0.321 e. The lowest BCUT2D eigenvalue weighted by molar-refractivity contribution is 0.207. The highest BCUT2D eigenvalue weighted by molar-refractivity contribution is 5.30. The van der Waals surface area contributed by atoms with Crippen LogP contribution in [-0.2, 0) is 12.0 Å². The van der Waals surface area contributed by atoms with Crippen LogP contribution in [0, 0.1) is 5.92 Å². The topological polar surface area (TPSA) is 26.0 Å². The molecule has 2 unspecified atom stereocenters. The van der Waals surface area contributed by atoms with E-state index in [-0.39, 0.29) is 5.54 Å². The van der Waals surface area contributed by atoms with E-state index in [1.807, 2.05) is 0 Å². The molecular weight excluding hydrogens is 206 g/mol. The number of rotatable bonds is 3. The standard InChI is InChI=1S/C16H25N/c1-3-7-14-9-6-10-15(12-14)16(17)11-5-4-8-13(16)2/h6,9-10,12-13H,3-5,7-8,11,17H2,1-2H3. The first-order valence-corrected chi connectivity index (χ1v) is 7.05. The molecule has 1 nitrogen and oxygen atoms in total. The van der Waals surface area contributed by atoms with E-state index in [9.17, 15) is 0 Å². The smallest absolute Gasteiger partial charge is 0.0435 e. The summed E-state index contributed by atoms with van der Waals surface area (Å²) in [5.41, 5.74) is 9.40. The zero-order valence-electron chi connectivity index (χ0n) is 11.2. The van der Waals surface area contributed by atoms with Crippen LogP contribution in [0.4, 0.5) is 0 Å². The Morgan fingerprint density at radius 1 is 1.35 bits per heavy atom. The Balaban J connectivity index is 2.28. The van der Waals surface area contributed by atoms with Crippen molar-refractivity contribution in [2.75, 3.05) is 0 Å². The third-order valence-electron chi connectivity index (χ3n) is 4.36. The number of aryl methyl sites for hydroxylation is 1. The number of hydrogen-bond donors (Lipinski definition) is 1. The van der Waals surface area contributed by atoms with Crippen LogP contribution < -0.4 is 5.73 Å². The van der Waals surface area contributed by atoms with E-state index in [1.54, 1.807) is 0 Å². The maximum Gasteiger partial charge on any atom is 0.0435 e. The summed E-state index contributed by atoms with van der Waals surface area (Å²) in [6, 6.07) is 8.96. The van der Waals surface area contributed by atoms with Crippen molar-refractivity contribution in [3.05, 3.63) is 35.4 Å². The fraction of sp³-hybridized carbons (Fsp3) is 0.625. The van der Waals surface area contributed by atoms with E-state index in [1.165, 1.54) is 36.8 Å². The molecule has 1 aliphatic carbocycles. The van der Waals surface area contributed by atoms with Crippen LogP contribution in [0.2, 0.25) is 0 Å². The third kappa shape index (κ3) is 2.55. The lowest BCUT2D eigenvalue weighted by Gasteiger charge is -2.40. The van der Waals surface area contributed by atoms with Gasteiger partial charge in [-0.15, -0.1) is 0 Å². The van der Waals surface area contributed by atoms with Crippen LogP contribution >= 0.6 is 0 Å². The highest BCUT2D eigenvalue weighted by Crippen LogP contribution is 2.39. The zero-order valence-corrected chi connectivity index (χ0v) is 11.2. The maximum absolute atomic E-state index is 6.69. The zero-order chi connectivity index (χ0) is 12.3. The van der Waals surface area contributed by atoms with Crippen LogP contribution in [-0.4, -0.2) is 0 Å².